The fourth-order valence-electron chi connectivity index (χ4n) is 2.37. The third-order valence-electron chi connectivity index (χ3n) is 3.81. The number of aryl methyl sites for hydroxylation is 1. The molecule has 144 valence electrons. The molecule has 0 aromatic heterocycles. The van der Waals surface area contributed by atoms with E-state index in [1.54, 1.807) is 49.4 Å². The third-order valence-corrected chi connectivity index (χ3v) is 5.54. The SMILES string of the molecule is CCOC(=O)C(OC(=O)CCS(=O)(=O)c1ccc(C)cc1)c1ccccc1. The lowest BCUT2D eigenvalue weighted by molar-refractivity contribution is -0.168. The van der Waals surface area contributed by atoms with Gasteiger partial charge in [-0.2, -0.15) is 0 Å². The zero-order valence-corrected chi connectivity index (χ0v) is 16.1. The number of benzene rings is 2. The normalized spacial score (nSPS) is 12.2. The van der Waals surface area contributed by atoms with Crippen molar-refractivity contribution < 1.29 is 27.5 Å². The quantitative estimate of drug-likeness (QED) is 0.644. The van der Waals surface area contributed by atoms with E-state index in [0.717, 1.165) is 5.56 Å². The van der Waals surface area contributed by atoms with Gasteiger partial charge in [0.15, 0.2) is 9.84 Å². The Morgan fingerprint density at radius 3 is 2.22 bits per heavy atom. The minimum atomic E-state index is -3.62. The zero-order valence-electron chi connectivity index (χ0n) is 15.3. The number of carbonyl (C=O) groups excluding carboxylic acids is 2. The van der Waals surface area contributed by atoms with E-state index in [1.165, 1.54) is 12.1 Å². The smallest absolute Gasteiger partial charge is 0.352 e. The first-order valence-corrected chi connectivity index (χ1v) is 10.2. The summed E-state index contributed by atoms with van der Waals surface area (Å²) in [7, 11) is -3.62. The van der Waals surface area contributed by atoms with E-state index in [2.05, 4.69) is 0 Å². The molecule has 0 radical (unpaired) electrons. The number of esters is 2. The second-order valence-corrected chi connectivity index (χ2v) is 8.02. The molecule has 0 aliphatic carbocycles. The fourth-order valence-corrected chi connectivity index (χ4v) is 3.59. The van der Waals surface area contributed by atoms with Gasteiger partial charge in [0.2, 0.25) is 6.10 Å². The molecule has 0 aliphatic heterocycles. The number of carbonyl (C=O) groups is 2. The van der Waals surface area contributed by atoms with Crippen LogP contribution in [0.15, 0.2) is 59.5 Å². The second kappa shape index (κ2) is 9.32. The Kier molecular flexibility index (Phi) is 7.12. The molecule has 0 N–H and O–H groups in total. The molecule has 0 amide bonds. The molecule has 0 aliphatic rings. The summed E-state index contributed by atoms with van der Waals surface area (Å²) in [4.78, 5) is 24.4. The van der Waals surface area contributed by atoms with Crippen LogP contribution < -0.4 is 0 Å². The number of sulfone groups is 1. The molecule has 0 spiro atoms. The minimum absolute atomic E-state index is 0.140. The Morgan fingerprint density at radius 2 is 1.63 bits per heavy atom. The maximum absolute atomic E-state index is 12.3. The molecule has 2 aromatic carbocycles. The molecular formula is C20H22O6S. The van der Waals surface area contributed by atoms with E-state index in [-0.39, 0.29) is 17.9 Å². The first kappa shape index (κ1) is 20.6. The molecule has 7 heteroatoms. The Balaban J connectivity index is 2.05. The van der Waals surface area contributed by atoms with Crippen molar-refractivity contribution in [3.05, 3.63) is 65.7 Å². The second-order valence-electron chi connectivity index (χ2n) is 5.91. The first-order valence-electron chi connectivity index (χ1n) is 8.54. The highest BCUT2D eigenvalue weighted by atomic mass is 32.2. The van der Waals surface area contributed by atoms with Gasteiger partial charge in [0, 0.05) is 5.56 Å². The molecule has 2 aromatic rings. The molecular weight excluding hydrogens is 368 g/mol. The molecule has 0 heterocycles. The van der Waals surface area contributed by atoms with Gasteiger partial charge < -0.3 is 9.47 Å². The van der Waals surface area contributed by atoms with Crippen molar-refractivity contribution in [1.29, 1.82) is 0 Å². The summed E-state index contributed by atoms with van der Waals surface area (Å²) < 4.78 is 34.9. The summed E-state index contributed by atoms with van der Waals surface area (Å²) in [5.41, 5.74) is 1.40. The van der Waals surface area contributed by atoms with Crippen LogP contribution in [0.3, 0.4) is 0 Å². The van der Waals surface area contributed by atoms with Gasteiger partial charge in [0.25, 0.3) is 0 Å². The van der Waals surface area contributed by atoms with Crippen LogP contribution in [0.5, 0.6) is 0 Å². The predicted molar refractivity (Wildman–Crippen MR) is 99.8 cm³/mol. The van der Waals surface area contributed by atoms with E-state index in [0.29, 0.717) is 5.56 Å². The number of hydrogen-bond donors (Lipinski definition) is 0. The van der Waals surface area contributed by atoms with Crippen LogP contribution in [0, 0.1) is 6.92 Å². The lowest BCUT2D eigenvalue weighted by Gasteiger charge is -2.17. The van der Waals surface area contributed by atoms with Crippen molar-refractivity contribution in [2.75, 3.05) is 12.4 Å². The van der Waals surface area contributed by atoms with Gasteiger partial charge in [-0.3, -0.25) is 4.79 Å². The number of rotatable bonds is 8. The highest BCUT2D eigenvalue weighted by Crippen LogP contribution is 2.20. The van der Waals surface area contributed by atoms with Crippen LogP contribution in [0.4, 0.5) is 0 Å². The summed E-state index contributed by atoms with van der Waals surface area (Å²) >= 11 is 0. The molecule has 1 unspecified atom stereocenters. The average Bonchev–Trinajstić information content (AvgIpc) is 2.66. The maximum atomic E-state index is 12.3. The van der Waals surface area contributed by atoms with Crippen molar-refractivity contribution >= 4 is 21.8 Å². The molecule has 0 bridgehead atoms. The van der Waals surface area contributed by atoms with Crippen molar-refractivity contribution in [1.82, 2.24) is 0 Å². The highest BCUT2D eigenvalue weighted by Gasteiger charge is 2.27. The van der Waals surface area contributed by atoms with Crippen LogP contribution in [0.25, 0.3) is 0 Å². The Labute approximate surface area is 159 Å². The average molecular weight is 390 g/mol. The molecule has 1 atom stereocenters. The lowest BCUT2D eigenvalue weighted by Crippen LogP contribution is -2.23. The summed E-state index contributed by atoms with van der Waals surface area (Å²) in [6, 6.07) is 14.8. The molecule has 6 nitrogen and oxygen atoms in total. The Hall–Kier alpha value is -2.67. The highest BCUT2D eigenvalue weighted by molar-refractivity contribution is 7.91. The van der Waals surface area contributed by atoms with Crippen LogP contribution in [-0.4, -0.2) is 32.7 Å². The number of hydrogen-bond acceptors (Lipinski definition) is 6. The van der Waals surface area contributed by atoms with Crippen molar-refractivity contribution in [2.45, 2.75) is 31.3 Å². The van der Waals surface area contributed by atoms with Gasteiger partial charge in [0.05, 0.1) is 23.7 Å². The first-order chi connectivity index (χ1) is 12.8. The van der Waals surface area contributed by atoms with Gasteiger partial charge in [-0.15, -0.1) is 0 Å². The lowest BCUT2D eigenvalue weighted by atomic mass is 10.1. The predicted octanol–water partition coefficient (Wildman–Crippen LogP) is 3.01. The summed E-state index contributed by atoms with van der Waals surface area (Å²) in [5.74, 6) is -1.88. The zero-order chi connectivity index (χ0) is 19.9. The van der Waals surface area contributed by atoms with Gasteiger partial charge >= 0.3 is 11.9 Å². The molecule has 2 rings (SSSR count). The maximum Gasteiger partial charge on any atom is 0.352 e. The van der Waals surface area contributed by atoms with E-state index in [1.807, 2.05) is 6.92 Å². The van der Waals surface area contributed by atoms with E-state index >= 15 is 0 Å². The van der Waals surface area contributed by atoms with Crippen molar-refractivity contribution in [2.24, 2.45) is 0 Å². The molecule has 0 saturated carbocycles. The van der Waals surface area contributed by atoms with Crippen molar-refractivity contribution in [3.8, 4) is 0 Å². The minimum Gasteiger partial charge on any atom is -0.463 e. The van der Waals surface area contributed by atoms with Gasteiger partial charge in [0.1, 0.15) is 0 Å². The summed E-state index contributed by atoms with van der Waals surface area (Å²) in [6.07, 6.45) is -1.58. The van der Waals surface area contributed by atoms with E-state index in [4.69, 9.17) is 9.47 Å². The Morgan fingerprint density at radius 1 is 1.00 bits per heavy atom. The van der Waals surface area contributed by atoms with Crippen molar-refractivity contribution in [3.63, 3.8) is 0 Å². The van der Waals surface area contributed by atoms with Crippen LogP contribution in [0.2, 0.25) is 0 Å². The fraction of sp³-hybridized carbons (Fsp3) is 0.300. The van der Waals surface area contributed by atoms with Crippen LogP contribution in [0.1, 0.15) is 30.6 Å². The number of ether oxygens (including phenoxy) is 2. The van der Waals surface area contributed by atoms with Gasteiger partial charge in [-0.05, 0) is 26.0 Å². The Bertz CT molecular complexity index is 872. The topological polar surface area (TPSA) is 86.7 Å². The molecule has 0 saturated heterocycles. The molecule has 0 fully saturated rings. The van der Waals surface area contributed by atoms with Gasteiger partial charge in [-0.25, -0.2) is 13.2 Å². The monoisotopic (exact) mass is 390 g/mol. The van der Waals surface area contributed by atoms with Crippen LogP contribution in [-0.2, 0) is 28.9 Å². The molecule has 27 heavy (non-hydrogen) atoms. The van der Waals surface area contributed by atoms with Crippen LogP contribution >= 0.6 is 0 Å². The third kappa shape index (κ3) is 5.92. The van der Waals surface area contributed by atoms with E-state index < -0.39 is 33.6 Å². The standard InChI is InChI=1S/C20H22O6S/c1-3-25-20(22)19(16-7-5-4-6-8-16)26-18(21)13-14-27(23,24)17-11-9-15(2)10-12-17/h4-12,19H,3,13-14H2,1-2H3. The largest absolute Gasteiger partial charge is 0.463 e. The summed E-state index contributed by atoms with van der Waals surface area (Å²) in [5, 5.41) is 0. The van der Waals surface area contributed by atoms with Gasteiger partial charge in [-0.1, -0.05) is 48.0 Å². The van der Waals surface area contributed by atoms with E-state index in [9.17, 15) is 18.0 Å². The summed E-state index contributed by atoms with van der Waals surface area (Å²) in [6.45, 7) is 3.64.